The molecule has 2 aromatic rings. The molecule has 2 rings (SSSR count). The number of carbonyl (C=O) groups is 1. The van der Waals surface area contributed by atoms with E-state index in [9.17, 15) is 4.79 Å². The van der Waals surface area contributed by atoms with Crippen LogP contribution in [0.5, 0.6) is 5.75 Å². The van der Waals surface area contributed by atoms with Crippen molar-refractivity contribution in [1.29, 1.82) is 0 Å². The molecule has 28 heavy (non-hydrogen) atoms. The van der Waals surface area contributed by atoms with Crippen LogP contribution in [0.15, 0.2) is 54.9 Å². The molecule has 152 valence electrons. The number of rotatable bonds is 8. The second-order valence-corrected chi connectivity index (χ2v) is 6.60. The van der Waals surface area contributed by atoms with Crippen LogP contribution in [0.1, 0.15) is 44.4 Å². The number of aliphatic carboxylic acids is 1. The van der Waals surface area contributed by atoms with E-state index in [0.717, 1.165) is 17.7 Å². The first kappa shape index (κ1) is 23.3. The number of benzene rings is 1. The van der Waals surface area contributed by atoms with E-state index in [0.29, 0.717) is 11.6 Å². The van der Waals surface area contributed by atoms with Gasteiger partial charge in [-0.2, -0.15) is 0 Å². The van der Waals surface area contributed by atoms with Gasteiger partial charge in [0.05, 0.1) is 12.3 Å². The SMILES string of the molecule is CN[C@@H](C)C/C=C/c1cncc(OC(C)C)c1.O=C(O)[C@H](O)c1ccccc1. The van der Waals surface area contributed by atoms with Crippen LogP contribution in [0.2, 0.25) is 0 Å². The second-order valence-electron chi connectivity index (χ2n) is 6.60. The molecular formula is C22H30N2O4. The van der Waals surface area contributed by atoms with E-state index in [1.54, 1.807) is 36.5 Å². The average molecular weight is 386 g/mol. The molecule has 6 heteroatoms. The Morgan fingerprint density at radius 2 is 1.89 bits per heavy atom. The minimum absolute atomic E-state index is 0.181. The lowest BCUT2D eigenvalue weighted by Gasteiger charge is -2.09. The van der Waals surface area contributed by atoms with Crippen molar-refractivity contribution in [2.75, 3.05) is 7.05 Å². The van der Waals surface area contributed by atoms with Gasteiger partial charge in [0.25, 0.3) is 0 Å². The van der Waals surface area contributed by atoms with Crippen LogP contribution >= 0.6 is 0 Å². The van der Waals surface area contributed by atoms with Crippen LogP contribution in [0.25, 0.3) is 6.08 Å². The molecule has 0 aliphatic heterocycles. The zero-order valence-electron chi connectivity index (χ0n) is 16.9. The molecule has 2 atom stereocenters. The van der Waals surface area contributed by atoms with Gasteiger partial charge in [-0.25, -0.2) is 4.79 Å². The Balaban J connectivity index is 0.000000307. The summed E-state index contributed by atoms with van der Waals surface area (Å²) in [6.45, 7) is 6.18. The number of carboxylic acid groups (broad SMARTS) is 1. The highest BCUT2D eigenvalue weighted by Gasteiger charge is 2.14. The number of aromatic nitrogens is 1. The number of aliphatic hydroxyl groups excluding tert-OH is 1. The molecule has 6 nitrogen and oxygen atoms in total. The lowest BCUT2D eigenvalue weighted by Crippen LogP contribution is -2.19. The van der Waals surface area contributed by atoms with Gasteiger partial charge >= 0.3 is 5.97 Å². The lowest BCUT2D eigenvalue weighted by molar-refractivity contribution is -0.146. The van der Waals surface area contributed by atoms with Crippen molar-refractivity contribution in [1.82, 2.24) is 10.3 Å². The second kappa shape index (κ2) is 12.6. The van der Waals surface area contributed by atoms with Gasteiger partial charge in [0.15, 0.2) is 6.10 Å². The van der Waals surface area contributed by atoms with Crippen molar-refractivity contribution in [2.24, 2.45) is 0 Å². The Kier molecular flexibility index (Phi) is 10.5. The van der Waals surface area contributed by atoms with Crippen LogP contribution in [-0.2, 0) is 4.79 Å². The third kappa shape index (κ3) is 9.30. The number of nitrogens with one attached hydrogen (secondary N) is 1. The topological polar surface area (TPSA) is 91.7 Å². The van der Waals surface area contributed by atoms with E-state index in [1.165, 1.54) is 0 Å². The van der Waals surface area contributed by atoms with Crippen LogP contribution in [0.3, 0.4) is 0 Å². The Hall–Kier alpha value is -2.70. The van der Waals surface area contributed by atoms with E-state index in [1.807, 2.05) is 33.2 Å². The molecule has 1 aromatic carbocycles. The molecule has 0 saturated carbocycles. The number of hydrogen-bond donors (Lipinski definition) is 3. The third-order valence-electron chi connectivity index (χ3n) is 3.75. The largest absolute Gasteiger partial charge is 0.489 e. The van der Waals surface area contributed by atoms with Crippen LogP contribution in [0.4, 0.5) is 0 Å². The van der Waals surface area contributed by atoms with Crippen molar-refractivity contribution in [3.05, 3.63) is 66.0 Å². The summed E-state index contributed by atoms with van der Waals surface area (Å²) in [6, 6.07) is 10.8. The zero-order chi connectivity index (χ0) is 20.9. The van der Waals surface area contributed by atoms with Gasteiger partial charge in [-0.1, -0.05) is 42.5 Å². The van der Waals surface area contributed by atoms with Gasteiger partial charge in [-0.05, 0) is 51.4 Å². The quantitative estimate of drug-likeness (QED) is 0.641. The lowest BCUT2D eigenvalue weighted by atomic mass is 10.1. The van der Waals surface area contributed by atoms with Crippen LogP contribution in [0, 0.1) is 0 Å². The van der Waals surface area contributed by atoms with Crippen LogP contribution in [-0.4, -0.2) is 40.4 Å². The Morgan fingerprint density at radius 3 is 2.46 bits per heavy atom. The zero-order valence-corrected chi connectivity index (χ0v) is 16.9. The first-order chi connectivity index (χ1) is 13.3. The minimum Gasteiger partial charge on any atom is -0.489 e. The summed E-state index contributed by atoms with van der Waals surface area (Å²) >= 11 is 0. The number of pyridine rings is 1. The van der Waals surface area contributed by atoms with E-state index in [4.69, 9.17) is 14.9 Å². The Morgan fingerprint density at radius 1 is 1.21 bits per heavy atom. The molecule has 0 bridgehead atoms. The minimum atomic E-state index is -1.41. The van der Waals surface area contributed by atoms with Crippen molar-refractivity contribution in [3.8, 4) is 5.75 Å². The maximum Gasteiger partial charge on any atom is 0.337 e. The summed E-state index contributed by atoms with van der Waals surface area (Å²) < 4.78 is 5.59. The molecule has 0 aliphatic rings. The Labute approximate surface area is 166 Å². The number of ether oxygens (including phenoxy) is 1. The summed E-state index contributed by atoms with van der Waals surface area (Å²) in [5.41, 5.74) is 1.48. The molecule has 0 amide bonds. The molecule has 0 spiro atoms. The van der Waals surface area contributed by atoms with Crippen LogP contribution < -0.4 is 10.1 Å². The molecule has 3 N–H and O–H groups in total. The summed E-state index contributed by atoms with van der Waals surface area (Å²) in [4.78, 5) is 14.4. The van der Waals surface area contributed by atoms with Crippen molar-refractivity contribution < 1.29 is 19.7 Å². The maximum absolute atomic E-state index is 10.2. The molecule has 0 radical (unpaired) electrons. The first-order valence-corrected chi connectivity index (χ1v) is 9.24. The highest BCUT2D eigenvalue weighted by Crippen LogP contribution is 2.14. The number of carboxylic acids is 1. The fourth-order valence-electron chi connectivity index (χ4n) is 2.17. The van der Waals surface area contributed by atoms with Gasteiger partial charge in [0.2, 0.25) is 0 Å². The highest BCUT2D eigenvalue weighted by atomic mass is 16.5. The van der Waals surface area contributed by atoms with E-state index in [-0.39, 0.29) is 6.10 Å². The van der Waals surface area contributed by atoms with Gasteiger partial charge in [0.1, 0.15) is 5.75 Å². The standard InChI is InChI=1S/C14H22N2O.C8H8O3/c1-11(2)17-14-8-13(9-16-10-14)7-5-6-12(3)15-4;9-7(8(10)11)6-4-2-1-3-5-6/h5,7-12,15H,6H2,1-4H3;1-5,7,9H,(H,10,11)/b7-5+;/t12-;7-/m01/s1. The summed E-state index contributed by atoms with van der Waals surface area (Å²) in [6.07, 6.45) is 7.59. The van der Waals surface area contributed by atoms with Gasteiger partial charge in [-0.15, -0.1) is 0 Å². The van der Waals surface area contributed by atoms with E-state index in [2.05, 4.69) is 29.4 Å². The molecule has 0 aliphatic carbocycles. The van der Waals surface area contributed by atoms with Gasteiger partial charge < -0.3 is 20.3 Å². The maximum atomic E-state index is 10.2. The predicted molar refractivity (Wildman–Crippen MR) is 111 cm³/mol. The van der Waals surface area contributed by atoms with Gasteiger partial charge in [0, 0.05) is 12.2 Å². The number of aliphatic hydroxyl groups is 1. The first-order valence-electron chi connectivity index (χ1n) is 9.24. The van der Waals surface area contributed by atoms with Crippen molar-refractivity contribution in [2.45, 2.75) is 45.4 Å². The summed E-state index contributed by atoms with van der Waals surface area (Å²) in [7, 11) is 1.97. The fraction of sp³-hybridized carbons (Fsp3) is 0.364. The summed E-state index contributed by atoms with van der Waals surface area (Å²) in [5.74, 6) is -0.403. The van der Waals surface area contributed by atoms with Crippen molar-refractivity contribution in [3.63, 3.8) is 0 Å². The molecular weight excluding hydrogens is 356 g/mol. The molecule has 0 saturated heterocycles. The number of nitrogens with zero attached hydrogens (tertiary/aromatic N) is 1. The molecule has 1 aromatic heterocycles. The molecule has 0 unspecified atom stereocenters. The molecule has 1 heterocycles. The number of hydrogen-bond acceptors (Lipinski definition) is 5. The molecule has 0 fully saturated rings. The average Bonchev–Trinajstić information content (AvgIpc) is 2.68. The normalized spacial score (nSPS) is 12.9. The smallest absolute Gasteiger partial charge is 0.337 e. The fourth-order valence-corrected chi connectivity index (χ4v) is 2.17. The van der Waals surface area contributed by atoms with Gasteiger partial charge in [-0.3, -0.25) is 4.98 Å². The van der Waals surface area contributed by atoms with E-state index < -0.39 is 12.1 Å². The predicted octanol–water partition coefficient (Wildman–Crippen LogP) is 3.68. The third-order valence-corrected chi connectivity index (χ3v) is 3.75. The monoisotopic (exact) mass is 386 g/mol. The van der Waals surface area contributed by atoms with Crippen molar-refractivity contribution >= 4 is 12.0 Å². The van der Waals surface area contributed by atoms with E-state index >= 15 is 0 Å². The summed E-state index contributed by atoms with van der Waals surface area (Å²) in [5, 5.41) is 20.6. The Bertz CT molecular complexity index is 732. The highest BCUT2D eigenvalue weighted by molar-refractivity contribution is 5.73.